The van der Waals surface area contributed by atoms with Crippen molar-refractivity contribution in [2.75, 3.05) is 43.4 Å². The standard InChI is InChI=1S/C20H30N2O3S2/c1-20(2,3)16-4-6-18(7-5-16)26-14-19(23)22-11-9-21(10-12-22)17-8-13-27(24,25)15-17/h4-7,17H,8-15H2,1-3H3/t17-/m0/s1. The molecule has 2 aliphatic heterocycles. The minimum absolute atomic E-state index is 0.136. The van der Waals surface area contributed by atoms with Crippen molar-refractivity contribution in [3.05, 3.63) is 29.8 Å². The second-order valence-corrected chi connectivity index (χ2v) is 11.8. The van der Waals surface area contributed by atoms with Gasteiger partial charge in [-0.25, -0.2) is 8.42 Å². The van der Waals surface area contributed by atoms with Crippen molar-refractivity contribution in [2.24, 2.45) is 0 Å². The van der Waals surface area contributed by atoms with Crippen molar-refractivity contribution in [3.8, 4) is 0 Å². The molecule has 2 saturated heterocycles. The minimum atomic E-state index is -2.85. The molecular formula is C20H30N2O3S2. The van der Waals surface area contributed by atoms with Crippen LogP contribution in [0, 0.1) is 0 Å². The highest BCUT2D eigenvalue weighted by Crippen LogP contribution is 2.26. The quantitative estimate of drug-likeness (QED) is 0.714. The van der Waals surface area contributed by atoms with Gasteiger partial charge in [0.05, 0.1) is 17.3 Å². The molecule has 3 rings (SSSR count). The zero-order chi connectivity index (χ0) is 19.7. The highest BCUT2D eigenvalue weighted by atomic mass is 32.2. The molecule has 0 aliphatic carbocycles. The lowest BCUT2D eigenvalue weighted by molar-refractivity contribution is -0.130. The molecule has 7 heteroatoms. The summed E-state index contributed by atoms with van der Waals surface area (Å²) in [5.74, 6) is 1.20. The van der Waals surface area contributed by atoms with Crippen LogP contribution in [-0.4, -0.2) is 73.6 Å². The van der Waals surface area contributed by atoms with Gasteiger partial charge in [0.15, 0.2) is 9.84 Å². The summed E-state index contributed by atoms with van der Waals surface area (Å²) in [5.41, 5.74) is 1.43. The van der Waals surface area contributed by atoms with Crippen LogP contribution >= 0.6 is 11.8 Å². The van der Waals surface area contributed by atoms with E-state index in [9.17, 15) is 13.2 Å². The fourth-order valence-corrected chi connectivity index (χ4v) is 6.25. The summed E-state index contributed by atoms with van der Waals surface area (Å²) in [5, 5.41) is 0. The molecule has 0 unspecified atom stereocenters. The van der Waals surface area contributed by atoms with Crippen LogP contribution in [0.1, 0.15) is 32.8 Å². The third-order valence-electron chi connectivity index (χ3n) is 5.47. The first-order valence-electron chi connectivity index (χ1n) is 9.60. The molecule has 2 aliphatic rings. The SMILES string of the molecule is CC(C)(C)c1ccc(SCC(=O)N2CCN([C@H]3CCS(=O)(=O)C3)CC2)cc1. The zero-order valence-electron chi connectivity index (χ0n) is 16.5. The number of carbonyl (C=O) groups is 1. The topological polar surface area (TPSA) is 57.7 Å². The Kier molecular flexibility index (Phi) is 6.23. The van der Waals surface area contributed by atoms with Gasteiger partial charge in [0.25, 0.3) is 0 Å². The summed E-state index contributed by atoms with van der Waals surface area (Å²) in [6.45, 7) is 9.52. The molecule has 1 atom stereocenters. The van der Waals surface area contributed by atoms with Gasteiger partial charge in [-0.1, -0.05) is 32.9 Å². The van der Waals surface area contributed by atoms with Crippen LogP contribution in [0.25, 0.3) is 0 Å². The molecular weight excluding hydrogens is 380 g/mol. The molecule has 0 bridgehead atoms. The summed E-state index contributed by atoms with van der Waals surface area (Å²) in [6.07, 6.45) is 0.733. The van der Waals surface area contributed by atoms with Crippen molar-refractivity contribution in [1.29, 1.82) is 0 Å². The number of nitrogens with zero attached hydrogens (tertiary/aromatic N) is 2. The highest BCUT2D eigenvalue weighted by Gasteiger charge is 2.34. The van der Waals surface area contributed by atoms with E-state index in [1.165, 1.54) is 5.56 Å². The van der Waals surface area contributed by atoms with E-state index in [0.717, 1.165) is 24.4 Å². The number of hydrogen-bond donors (Lipinski definition) is 0. The van der Waals surface area contributed by atoms with Gasteiger partial charge < -0.3 is 4.90 Å². The van der Waals surface area contributed by atoms with Gasteiger partial charge in [0, 0.05) is 37.1 Å². The Balaban J connectivity index is 1.44. The molecule has 27 heavy (non-hydrogen) atoms. The van der Waals surface area contributed by atoms with E-state index < -0.39 is 9.84 Å². The normalized spacial score (nSPS) is 23.5. The Morgan fingerprint density at radius 3 is 2.26 bits per heavy atom. The predicted octanol–water partition coefficient (Wildman–Crippen LogP) is 2.41. The van der Waals surface area contributed by atoms with Crippen molar-refractivity contribution in [1.82, 2.24) is 9.80 Å². The van der Waals surface area contributed by atoms with Gasteiger partial charge in [0.2, 0.25) is 5.91 Å². The van der Waals surface area contributed by atoms with Gasteiger partial charge in [-0.2, -0.15) is 0 Å². The van der Waals surface area contributed by atoms with Crippen molar-refractivity contribution < 1.29 is 13.2 Å². The summed E-state index contributed by atoms with van der Waals surface area (Å²) >= 11 is 1.58. The largest absolute Gasteiger partial charge is 0.339 e. The van der Waals surface area contributed by atoms with Crippen LogP contribution in [0.15, 0.2) is 29.2 Å². The maximum atomic E-state index is 12.5. The number of carbonyl (C=O) groups excluding carboxylic acids is 1. The Hall–Kier alpha value is -1.05. The van der Waals surface area contributed by atoms with Crippen LogP contribution in [-0.2, 0) is 20.0 Å². The Morgan fingerprint density at radius 2 is 1.74 bits per heavy atom. The molecule has 150 valence electrons. The summed E-state index contributed by atoms with van der Waals surface area (Å²) in [6, 6.07) is 8.61. The molecule has 1 amide bonds. The third-order valence-corrected chi connectivity index (χ3v) is 8.22. The average molecular weight is 411 g/mol. The first-order valence-corrected chi connectivity index (χ1v) is 12.4. The molecule has 0 radical (unpaired) electrons. The average Bonchev–Trinajstić information content (AvgIpc) is 2.99. The lowest BCUT2D eigenvalue weighted by atomic mass is 9.87. The van der Waals surface area contributed by atoms with Crippen molar-refractivity contribution >= 4 is 27.5 Å². The summed E-state index contributed by atoms with van der Waals surface area (Å²) in [7, 11) is -2.85. The number of thioether (sulfide) groups is 1. The molecule has 2 heterocycles. The third kappa shape index (κ3) is 5.48. The number of rotatable bonds is 4. The van der Waals surface area contributed by atoms with E-state index in [0.29, 0.717) is 24.6 Å². The fourth-order valence-electron chi connectivity index (χ4n) is 3.69. The number of hydrogen-bond acceptors (Lipinski definition) is 5. The molecule has 1 aromatic rings. The number of sulfone groups is 1. The van der Waals surface area contributed by atoms with Gasteiger partial charge in [-0.15, -0.1) is 11.8 Å². The Morgan fingerprint density at radius 1 is 1.11 bits per heavy atom. The Labute approximate surface area is 167 Å². The lowest BCUT2D eigenvalue weighted by Gasteiger charge is -2.37. The zero-order valence-corrected chi connectivity index (χ0v) is 18.1. The second-order valence-electron chi connectivity index (χ2n) is 8.54. The molecule has 0 aromatic heterocycles. The van der Waals surface area contributed by atoms with Gasteiger partial charge in [-0.05, 0) is 29.5 Å². The first-order chi connectivity index (χ1) is 12.6. The summed E-state index contributed by atoms with van der Waals surface area (Å²) < 4.78 is 23.3. The number of piperazine rings is 1. The maximum absolute atomic E-state index is 12.5. The van der Waals surface area contributed by atoms with Crippen LogP contribution in [0.5, 0.6) is 0 Å². The number of amides is 1. The maximum Gasteiger partial charge on any atom is 0.233 e. The van der Waals surface area contributed by atoms with E-state index in [4.69, 9.17) is 0 Å². The highest BCUT2D eigenvalue weighted by molar-refractivity contribution is 8.00. The molecule has 0 saturated carbocycles. The van der Waals surface area contributed by atoms with Gasteiger partial charge >= 0.3 is 0 Å². The smallest absolute Gasteiger partial charge is 0.233 e. The number of benzene rings is 1. The van der Waals surface area contributed by atoms with E-state index in [2.05, 4.69) is 49.9 Å². The van der Waals surface area contributed by atoms with E-state index in [1.807, 2.05) is 4.90 Å². The van der Waals surface area contributed by atoms with E-state index in [1.54, 1.807) is 11.8 Å². The lowest BCUT2D eigenvalue weighted by Crippen LogP contribution is -2.52. The fraction of sp³-hybridized carbons (Fsp3) is 0.650. The van der Waals surface area contributed by atoms with E-state index in [-0.39, 0.29) is 23.1 Å². The molecule has 2 fully saturated rings. The molecule has 0 spiro atoms. The monoisotopic (exact) mass is 410 g/mol. The van der Waals surface area contributed by atoms with Crippen molar-refractivity contribution in [3.63, 3.8) is 0 Å². The van der Waals surface area contributed by atoms with Gasteiger partial charge in [-0.3, -0.25) is 9.69 Å². The van der Waals surface area contributed by atoms with Crippen LogP contribution in [0.2, 0.25) is 0 Å². The van der Waals surface area contributed by atoms with Crippen LogP contribution in [0.4, 0.5) is 0 Å². The molecule has 5 nitrogen and oxygen atoms in total. The predicted molar refractivity (Wildman–Crippen MR) is 111 cm³/mol. The van der Waals surface area contributed by atoms with Crippen molar-refractivity contribution in [2.45, 2.75) is 43.5 Å². The van der Waals surface area contributed by atoms with E-state index >= 15 is 0 Å². The molecule has 1 aromatic carbocycles. The minimum Gasteiger partial charge on any atom is -0.339 e. The Bertz CT molecular complexity index is 761. The van der Waals surface area contributed by atoms with Crippen LogP contribution in [0.3, 0.4) is 0 Å². The summed E-state index contributed by atoms with van der Waals surface area (Å²) in [4.78, 5) is 17.8. The second kappa shape index (κ2) is 8.13. The van der Waals surface area contributed by atoms with Gasteiger partial charge in [0.1, 0.15) is 0 Å². The first kappa shape index (κ1) is 20.7. The molecule has 0 N–H and O–H groups in total. The van der Waals surface area contributed by atoms with Crippen LogP contribution < -0.4 is 0 Å².